The fourth-order valence-electron chi connectivity index (χ4n) is 3.65. The molecule has 0 aromatic carbocycles. The van der Waals surface area contributed by atoms with Crippen LogP contribution in [0.25, 0.3) is 0 Å². The minimum Gasteiger partial charge on any atom is -0.0654 e. The van der Waals surface area contributed by atoms with Crippen molar-refractivity contribution >= 4 is 0 Å². The zero-order valence-corrected chi connectivity index (χ0v) is 20.3. The summed E-state index contributed by atoms with van der Waals surface area (Å²) in [5.41, 5.74) is 0. The Kier molecular flexibility index (Phi) is 33.2. The number of unbranched alkanes of at least 4 members (excludes halogenated alkanes) is 21. The monoisotopic (exact) mass is 382 g/mol. The Hall–Kier alpha value is 0. The van der Waals surface area contributed by atoms with Crippen molar-refractivity contribution in [1.82, 2.24) is 0 Å². The maximum Gasteiger partial charge on any atom is -0.0533 e. The van der Waals surface area contributed by atoms with Gasteiger partial charge in [0.2, 0.25) is 0 Å². The quantitative estimate of drug-likeness (QED) is 0.173. The Morgan fingerprint density at radius 3 is 0.407 bits per heavy atom. The standard InChI is InChI=1S/C15H32.C12H26/c1-3-5-7-9-11-13-15-14-12-10-8-6-4-2;1-3-5-7-9-11-12-10-8-6-4-2/h3-15H2,1-2H3;3-12H2,1-2H3. The van der Waals surface area contributed by atoms with Crippen molar-refractivity contribution in [2.75, 3.05) is 0 Å². The van der Waals surface area contributed by atoms with Gasteiger partial charge in [-0.3, -0.25) is 0 Å². The first kappa shape index (κ1) is 29.2. The molecule has 0 N–H and O–H groups in total. The topological polar surface area (TPSA) is 0 Å². The van der Waals surface area contributed by atoms with E-state index in [9.17, 15) is 0 Å². The highest BCUT2D eigenvalue weighted by Crippen LogP contribution is 2.12. The van der Waals surface area contributed by atoms with Gasteiger partial charge in [-0.1, -0.05) is 175 Å². The van der Waals surface area contributed by atoms with Gasteiger partial charge in [-0.15, -0.1) is 0 Å². The molecule has 27 heavy (non-hydrogen) atoms. The van der Waals surface area contributed by atoms with Crippen molar-refractivity contribution in [2.24, 2.45) is 0 Å². The van der Waals surface area contributed by atoms with Crippen LogP contribution in [0.3, 0.4) is 0 Å². The molecule has 0 aliphatic carbocycles. The molecule has 0 aromatic heterocycles. The molecule has 0 nitrogen and oxygen atoms in total. The molecule has 0 radical (unpaired) electrons. The van der Waals surface area contributed by atoms with E-state index < -0.39 is 0 Å². The molecule has 0 rings (SSSR count). The minimum absolute atomic E-state index is 1.37. The third-order valence-corrected chi connectivity index (χ3v) is 5.66. The molecule has 0 heteroatoms. The van der Waals surface area contributed by atoms with Crippen LogP contribution >= 0.6 is 0 Å². The summed E-state index contributed by atoms with van der Waals surface area (Å²) in [5, 5.41) is 0. The maximum atomic E-state index is 2.29. The van der Waals surface area contributed by atoms with E-state index in [1.54, 1.807) is 0 Å². The molecule has 0 fully saturated rings. The van der Waals surface area contributed by atoms with Crippen LogP contribution in [-0.4, -0.2) is 0 Å². The van der Waals surface area contributed by atoms with Crippen molar-refractivity contribution in [2.45, 2.75) is 175 Å². The van der Waals surface area contributed by atoms with Crippen LogP contribution < -0.4 is 0 Å². The average molecular weight is 383 g/mol. The molecule has 0 unspecified atom stereocenters. The van der Waals surface area contributed by atoms with Crippen molar-refractivity contribution in [3.8, 4) is 0 Å². The predicted molar refractivity (Wildman–Crippen MR) is 129 cm³/mol. The van der Waals surface area contributed by atoms with Gasteiger partial charge in [0.1, 0.15) is 0 Å². The van der Waals surface area contributed by atoms with E-state index in [1.165, 1.54) is 148 Å². The molecular formula is C27H58. The summed E-state index contributed by atoms with van der Waals surface area (Å²) in [6, 6.07) is 0. The molecule has 0 amide bonds. The highest BCUT2D eigenvalue weighted by molar-refractivity contribution is 4.48. The fourth-order valence-corrected chi connectivity index (χ4v) is 3.65. The third kappa shape index (κ3) is 34.0. The largest absolute Gasteiger partial charge is 0.0654 e. The molecule has 0 atom stereocenters. The van der Waals surface area contributed by atoms with E-state index >= 15 is 0 Å². The Morgan fingerprint density at radius 2 is 0.296 bits per heavy atom. The van der Waals surface area contributed by atoms with Crippen LogP contribution in [0.5, 0.6) is 0 Å². The highest BCUT2D eigenvalue weighted by Gasteiger charge is 1.92. The van der Waals surface area contributed by atoms with Gasteiger partial charge in [-0.2, -0.15) is 0 Å². The lowest BCUT2D eigenvalue weighted by Gasteiger charge is -2.01. The van der Waals surface area contributed by atoms with Crippen LogP contribution in [0, 0.1) is 0 Å². The lowest BCUT2D eigenvalue weighted by Crippen LogP contribution is -1.82. The molecular weight excluding hydrogens is 324 g/mol. The van der Waals surface area contributed by atoms with Gasteiger partial charge < -0.3 is 0 Å². The van der Waals surface area contributed by atoms with E-state index in [0.29, 0.717) is 0 Å². The van der Waals surface area contributed by atoms with E-state index in [4.69, 9.17) is 0 Å². The van der Waals surface area contributed by atoms with Crippen molar-refractivity contribution in [3.63, 3.8) is 0 Å². The van der Waals surface area contributed by atoms with Gasteiger partial charge in [-0.25, -0.2) is 0 Å². The second-order valence-electron chi connectivity index (χ2n) is 8.72. The zero-order chi connectivity index (χ0) is 20.3. The Bertz CT molecular complexity index is 186. The molecule has 166 valence electrons. The van der Waals surface area contributed by atoms with Gasteiger partial charge in [0.25, 0.3) is 0 Å². The highest BCUT2D eigenvalue weighted by atomic mass is 14.0. The molecule has 0 saturated carbocycles. The lowest BCUT2D eigenvalue weighted by atomic mass is 10.1. The smallest absolute Gasteiger partial charge is 0.0533 e. The zero-order valence-electron chi connectivity index (χ0n) is 20.3. The molecule has 0 spiro atoms. The molecule has 0 aromatic rings. The fraction of sp³-hybridized carbons (Fsp3) is 1.00. The summed E-state index contributed by atoms with van der Waals surface area (Å²) in [5.74, 6) is 0. The Morgan fingerprint density at radius 1 is 0.185 bits per heavy atom. The average Bonchev–Trinajstić information content (AvgIpc) is 2.69. The van der Waals surface area contributed by atoms with E-state index in [2.05, 4.69) is 27.7 Å². The number of rotatable bonds is 21. The Labute approximate surface area is 175 Å². The first-order chi connectivity index (χ1) is 13.3. The SMILES string of the molecule is CCCCCCCCCCCC.CCCCCCCCCCCCCCC. The maximum absolute atomic E-state index is 2.29. The van der Waals surface area contributed by atoms with Crippen molar-refractivity contribution in [1.29, 1.82) is 0 Å². The van der Waals surface area contributed by atoms with E-state index in [0.717, 1.165) is 0 Å². The van der Waals surface area contributed by atoms with Crippen LogP contribution in [0.15, 0.2) is 0 Å². The predicted octanol–water partition coefficient (Wildman–Crippen LogP) is 11.0. The summed E-state index contributed by atoms with van der Waals surface area (Å²) in [6.45, 7) is 9.13. The first-order valence-electron chi connectivity index (χ1n) is 13.3. The summed E-state index contributed by atoms with van der Waals surface area (Å²) in [6.07, 6.45) is 33.4. The van der Waals surface area contributed by atoms with Gasteiger partial charge in [-0.05, 0) is 0 Å². The van der Waals surface area contributed by atoms with Crippen molar-refractivity contribution in [3.05, 3.63) is 0 Å². The van der Waals surface area contributed by atoms with Gasteiger partial charge in [0.15, 0.2) is 0 Å². The first-order valence-corrected chi connectivity index (χ1v) is 13.3. The van der Waals surface area contributed by atoms with Crippen LogP contribution in [0.2, 0.25) is 0 Å². The Balaban J connectivity index is 0. The molecule has 0 aliphatic rings. The second-order valence-corrected chi connectivity index (χ2v) is 8.72. The van der Waals surface area contributed by atoms with Gasteiger partial charge in [0.05, 0.1) is 0 Å². The molecule has 0 bridgehead atoms. The van der Waals surface area contributed by atoms with Crippen LogP contribution in [0.4, 0.5) is 0 Å². The van der Waals surface area contributed by atoms with Crippen LogP contribution in [-0.2, 0) is 0 Å². The summed E-state index contributed by atoms with van der Waals surface area (Å²) >= 11 is 0. The van der Waals surface area contributed by atoms with E-state index in [1.807, 2.05) is 0 Å². The summed E-state index contributed by atoms with van der Waals surface area (Å²) in [7, 11) is 0. The van der Waals surface area contributed by atoms with Crippen molar-refractivity contribution < 1.29 is 0 Å². The summed E-state index contributed by atoms with van der Waals surface area (Å²) < 4.78 is 0. The summed E-state index contributed by atoms with van der Waals surface area (Å²) in [4.78, 5) is 0. The lowest BCUT2D eigenvalue weighted by molar-refractivity contribution is 0.542. The van der Waals surface area contributed by atoms with Gasteiger partial charge in [0, 0.05) is 0 Å². The van der Waals surface area contributed by atoms with Crippen LogP contribution in [0.1, 0.15) is 175 Å². The molecule has 0 saturated heterocycles. The van der Waals surface area contributed by atoms with Gasteiger partial charge >= 0.3 is 0 Å². The number of hydrogen-bond acceptors (Lipinski definition) is 0. The second kappa shape index (κ2) is 30.7. The van der Waals surface area contributed by atoms with E-state index in [-0.39, 0.29) is 0 Å². The molecule has 0 heterocycles. The number of hydrogen-bond donors (Lipinski definition) is 0. The third-order valence-electron chi connectivity index (χ3n) is 5.66. The minimum atomic E-state index is 1.37. The normalized spacial score (nSPS) is 10.7. The molecule has 0 aliphatic heterocycles.